The molecule has 0 radical (unpaired) electrons. The summed E-state index contributed by atoms with van der Waals surface area (Å²) in [5.41, 5.74) is 0. The Labute approximate surface area is 107 Å². The Morgan fingerprint density at radius 3 is 2.41 bits per heavy atom. The lowest BCUT2D eigenvalue weighted by molar-refractivity contribution is 0.228. The van der Waals surface area contributed by atoms with E-state index < -0.39 is 0 Å². The Kier molecular flexibility index (Phi) is 4.87. The summed E-state index contributed by atoms with van der Waals surface area (Å²) in [5, 5.41) is 3.68. The van der Waals surface area contributed by atoms with Crippen LogP contribution in [0.2, 0.25) is 0 Å². The van der Waals surface area contributed by atoms with Gasteiger partial charge in [0.15, 0.2) is 0 Å². The third kappa shape index (κ3) is 3.45. The number of hydrogen-bond acceptors (Lipinski definition) is 2. The van der Waals surface area contributed by atoms with Gasteiger partial charge in [0.2, 0.25) is 0 Å². The van der Waals surface area contributed by atoms with Gasteiger partial charge < -0.3 is 5.32 Å². The highest BCUT2D eigenvalue weighted by molar-refractivity contribution is 4.90. The normalized spacial score (nSPS) is 32.6. The highest BCUT2D eigenvalue weighted by Crippen LogP contribution is 2.38. The van der Waals surface area contributed by atoms with E-state index in [0.29, 0.717) is 6.04 Å². The maximum atomic E-state index is 3.68. The van der Waals surface area contributed by atoms with Crippen molar-refractivity contribution in [3.63, 3.8) is 0 Å². The topological polar surface area (TPSA) is 15.3 Å². The molecule has 1 aliphatic heterocycles. The molecular formula is C15H30N2. The van der Waals surface area contributed by atoms with Crippen LogP contribution in [0.1, 0.15) is 52.9 Å². The summed E-state index contributed by atoms with van der Waals surface area (Å²) in [5.74, 6) is 2.07. The minimum absolute atomic E-state index is 0.685. The van der Waals surface area contributed by atoms with E-state index in [-0.39, 0.29) is 0 Å². The quantitative estimate of drug-likeness (QED) is 0.765. The van der Waals surface area contributed by atoms with Crippen molar-refractivity contribution in [2.75, 3.05) is 19.6 Å². The third-order valence-electron chi connectivity index (χ3n) is 4.86. The zero-order valence-corrected chi connectivity index (χ0v) is 11.9. The van der Waals surface area contributed by atoms with Crippen LogP contribution in [0.4, 0.5) is 0 Å². The van der Waals surface area contributed by atoms with Crippen molar-refractivity contribution in [2.45, 2.75) is 65.0 Å². The van der Waals surface area contributed by atoms with Gasteiger partial charge >= 0.3 is 0 Å². The first-order chi connectivity index (χ1) is 8.20. The van der Waals surface area contributed by atoms with E-state index in [4.69, 9.17) is 0 Å². The number of likely N-dealkylation sites (tertiary alicyclic amines) is 1. The van der Waals surface area contributed by atoms with Crippen LogP contribution >= 0.6 is 0 Å². The van der Waals surface area contributed by atoms with Gasteiger partial charge in [-0.1, -0.05) is 19.8 Å². The average molecular weight is 238 g/mol. The summed E-state index contributed by atoms with van der Waals surface area (Å²) >= 11 is 0. The summed E-state index contributed by atoms with van der Waals surface area (Å²) < 4.78 is 0. The van der Waals surface area contributed by atoms with Crippen molar-refractivity contribution in [1.29, 1.82) is 0 Å². The van der Waals surface area contributed by atoms with Gasteiger partial charge in [-0.15, -0.1) is 0 Å². The zero-order chi connectivity index (χ0) is 12.3. The summed E-state index contributed by atoms with van der Waals surface area (Å²) in [6.45, 7) is 10.9. The maximum Gasteiger partial charge on any atom is 0.0192 e. The van der Waals surface area contributed by atoms with Gasteiger partial charge in [-0.25, -0.2) is 0 Å². The van der Waals surface area contributed by atoms with Gasteiger partial charge in [0, 0.05) is 31.7 Å². The Bertz CT molecular complexity index is 217. The second-order valence-corrected chi connectivity index (χ2v) is 6.35. The van der Waals surface area contributed by atoms with Crippen LogP contribution in [0.3, 0.4) is 0 Å². The molecule has 0 aromatic rings. The van der Waals surface area contributed by atoms with Gasteiger partial charge in [0.05, 0.1) is 0 Å². The number of rotatable bonds is 6. The van der Waals surface area contributed by atoms with Crippen LogP contribution in [-0.2, 0) is 0 Å². The standard InChI is InChI=1S/C15H30N2/c1-4-6-12(2)16-9-13(3)17-10-14-7-5-8-15(14)11-17/h12-16H,4-11H2,1-3H3. The second kappa shape index (κ2) is 6.19. The molecular weight excluding hydrogens is 208 g/mol. The van der Waals surface area contributed by atoms with E-state index in [0.717, 1.165) is 17.9 Å². The molecule has 1 heterocycles. The lowest BCUT2D eigenvalue weighted by Gasteiger charge is -2.27. The van der Waals surface area contributed by atoms with Crippen molar-refractivity contribution < 1.29 is 0 Å². The fraction of sp³-hybridized carbons (Fsp3) is 1.00. The predicted molar refractivity (Wildman–Crippen MR) is 74.2 cm³/mol. The van der Waals surface area contributed by atoms with E-state index in [1.807, 2.05) is 0 Å². The number of nitrogens with one attached hydrogen (secondary N) is 1. The molecule has 2 aliphatic rings. The molecule has 1 saturated carbocycles. The van der Waals surface area contributed by atoms with Gasteiger partial charge in [0.25, 0.3) is 0 Å². The van der Waals surface area contributed by atoms with Crippen LogP contribution < -0.4 is 5.32 Å². The molecule has 2 nitrogen and oxygen atoms in total. The minimum Gasteiger partial charge on any atom is -0.313 e. The number of hydrogen-bond donors (Lipinski definition) is 1. The Hall–Kier alpha value is -0.0800. The van der Waals surface area contributed by atoms with E-state index in [1.54, 1.807) is 0 Å². The fourth-order valence-corrected chi connectivity index (χ4v) is 3.67. The zero-order valence-electron chi connectivity index (χ0n) is 11.9. The molecule has 4 atom stereocenters. The molecule has 0 amide bonds. The molecule has 0 spiro atoms. The Morgan fingerprint density at radius 1 is 1.18 bits per heavy atom. The third-order valence-corrected chi connectivity index (χ3v) is 4.86. The SMILES string of the molecule is CCCC(C)NCC(C)N1CC2CCCC2C1. The van der Waals surface area contributed by atoms with E-state index >= 15 is 0 Å². The average Bonchev–Trinajstić information content (AvgIpc) is 2.86. The molecule has 1 aliphatic carbocycles. The first-order valence-electron chi connectivity index (χ1n) is 7.68. The lowest BCUT2D eigenvalue weighted by Crippen LogP contribution is -2.42. The molecule has 1 saturated heterocycles. The number of fused-ring (bicyclic) bond motifs is 1. The monoisotopic (exact) mass is 238 g/mol. The molecule has 2 fully saturated rings. The summed E-state index contributed by atoms with van der Waals surface area (Å²) in [6.07, 6.45) is 7.07. The van der Waals surface area contributed by atoms with Gasteiger partial charge in [-0.05, 0) is 44.9 Å². The van der Waals surface area contributed by atoms with Crippen LogP contribution in [-0.4, -0.2) is 36.6 Å². The van der Waals surface area contributed by atoms with Crippen molar-refractivity contribution in [2.24, 2.45) is 11.8 Å². The van der Waals surface area contributed by atoms with Crippen molar-refractivity contribution in [3.8, 4) is 0 Å². The minimum atomic E-state index is 0.685. The van der Waals surface area contributed by atoms with E-state index in [2.05, 4.69) is 31.0 Å². The van der Waals surface area contributed by atoms with Crippen LogP contribution in [0.25, 0.3) is 0 Å². The van der Waals surface area contributed by atoms with Gasteiger partial charge in [0.1, 0.15) is 0 Å². The van der Waals surface area contributed by atoms with Crippen molar-refractivity contribution >= 4 is 0 Å². The van der Waals surface area contributed by atoms with E-state index in [9.17, 15) is 0 Å². The van der Waals surface area contributed by atoms with Crippen LogP contribution in [0.5, 0.6) is 0 Å². The molecule has 1 N–H and O–H groups in total. The Balaban J connectivity index is 1.68. The Morgan fingerprint density at radius 2 is 1.82 bits per heavy atom. The highest BCUT2D eigenvalue weighted by Gasteiger charge is 2.37. The first kappa shape index (κ1) is 13.4. The van der Waals surface area contributed by atoms with E-state index in [1.165, 1.54) is 51.7 Å². The summed E-state index contributed by atoms with van der Waals surface area (Å²) in [7, 11) is 0. The van der Waals surface area contributed by atoms with Crippen molar-refractivity contribution in [3.05, 3.63) is 0 Å². The molecule has 2 heteroatoms. The summed E-state index contributed by atoms with van der Waals surface area (Å²) in [4.78, 5) is 2.72. The summed E-state index contributed by atoms with van der Waals surface area (Å²) in [6, 6.07) is 1.41. The van der Waals surface area contributed by atoms with Crippen molar-refractivity contribution in [1.82, 2.24) is 10.2 Å². The molecule has 0 aromatic heterocycles. The highest BCUT2D eigenvalue weighted by atomic mass is 15.2. The number of nitrogens with zero attached hydrogens (tertiary/aromatic N) is 1. The molecule has 0 bridgehead atoms. The van der Waals surface area contributed by atoms with Gasteiger partial charge in [-0.2, -0.15) is 0 Å². The molecule has 17 heavy (non-hydrogen) atoms. The fourth-order valence-electron chi connectivity index (χ4n) is 3.67. The van der Waals surface area contributed by atoms with Gasteiger partial charge in [-0.3, -0.25) is 4.90 Å². The lowest BCUT2D eigenvalue weighted by atomic mass is 10.0. The largest absolute Gasteiger partial charge is 0.313 e. The first-order valence-corrected chi connectivity index (χ1v) is 7.68. The molecule has 0 aromatic carbocycles. The predicted octanol–water partition coefficient (Wildman–Crippen LogP) is 2.89. The second-order valence-electron chi connectivity index (χ2n) is 6.35. The molecule has 100 valence electrons. The molecule has 4 unspecified atom stereocenters. The maximum absolute atomic E-state index is 3.68. The van der Waals surface area contributed by atoms with Crippen LogP contribution in [0.15, 0.2) is 0 Å². The van der Waals surface area contributed by atoms with Crippen LogP contribution in [0, 0.1) is 11.8 Å². The molecule has 2 rings (SSSR count). The smallest absolute Gasteiger partial charge is 0.0192 e.